The van der Waals surface area contributed by atoms with Crippen LogP contribution in [0.5, 0.6) is 5.75 Å². The summed E-state index contributed by atoms with van der Waals surface area (Å²) >= 11 is 0. The quantitative estimate of drug-likeness (QED) is 0.222. The number of carbonyl (C=O) groups is 1. The van der Waals surface area contributed by atoms with Crippen molar-refractivity contribution in [2.24, 2.45) is 5.41 Å². The maximum Gasteiger partial charge on any atom is 0.307 e. The Morgan fingerprint density at radius 3 is 2.15 bits per heavy atom. The lowest BCUT2D eigenvalue weighted by Crippen LogP contribution is -2.38. The molecule has 4 rings (SSSR count). The molecular formula is C40H53N3O4. The van der Waals surface area contributed by atoms with Crippen molar-refractivity contribution in [3.05, 3.63) is 82.8 Å². The molecule has 0 unspecified atom stereocenters. The molecule has 0 amide bonds. The largest absolute Gasteiger partial charge is 0.493 e. The zero-order valence-electron chi connectivity index (χ0n) is 29.8. The second-order valence-corrected chi connectivity index (χ2v) is 14.4. The standard InChI is InChI=1S/C36H43N3O3.C4H10O/c1-8-28(24-38(6)7)34-33(29-13-15-30(16-14-29)42-22-17-27-11-9-25(2)10-12-27)35(31(23-32(40)41)26(3)37-34)39-20-18-36(4,5)19-21-39;1-4(2,3)5/h1,9-16,24H,17-23H2,2-7H3,(H,40,41);5H,1-3H3/b28-24+;. The van der Waals surface area contributed by atoms with Gasteiger partial charge >= 0.3 is 5.97 Å². The zero-order chi connectivity index (χ0) is 34.9. The van der Waals surface area contributed by atoms with E-state index in [0.717, 1.165) is 60.5 Å². The lowest BCUT2D eigenvalue weighted by Gasteiger charge is -2.40. The van der Waals surface area contributed by atoms with Crippen molar-refractivity contribution in [1.82, 2.24) is 9.88 Å². The molecule has 2 aromatic carbocycles. The maximum absolute atomic E-state index is 12.1. The van der Waals surface area contributed by atoms with Gasteiger partial charge in [0.15, 0.2) is 0 Å². The van der Waals surface area contributed by atoms with Gasteiger partial charge in [0.05, 0.1) is 35.6 Å². The third kappa shape index (κ3) is 11.5. The van der Waals surface area contributed by atoms with Crippen LogP contribution in [0.1, 0.15) is 75.5 Å². The van der Waals surface area contributed by atoms with Crippen LogP contribution in [0.15, 0.2) is 54.7 Å². The average Bonchev–Trinajstić information content (AvgIpc) is 2.97. The van der Waals surface area contributed by atoms with Crippen LogP contribution in [-0.2, 0) is 17.6 Å². The normalized spacial score (nSPS) is 14.5. The topological polar surface area (TPSA) is 86.1 Å². The summed E-state index contributed by atoms with van der Waals surface area (Å²) in [5.74, 6) is 2.75. The van der Waals surface area contributed by atoms with Gasteiger partial charge in [-0.05, 0) is 76.1 Å². The van der Waals surface area contributed by atoms with E-state index in [2.05, 4.69) is 55.9 Å². The van der Waals surface area contributed by atoms with Crippen LogP contribution in [0.2, 0.25) is 0 Å². The first-order valence-corrected chi connectivity index (χ1v) is 16.3. The van der Waals surface area contributed by atoms with Crippen molar-refractivity contribution in [2.75, 3.05) is 38.7 Å². The predicted octanol–water partition coefficient (Wildman–Crippen LogP) is 7.55. The number of piperidine rings is 1. The fraction of sp³-hybridized carbons (Fsp3) is 0.450. The Morgan fingerprint density at radius 2 is 1.64 bits per heavy atom. The number of ether oxygens (including phenoxy) is 1. The van der Waals surface area contributed by atoms with E-state index < -0.39 is 11.6 Å². The molecule has 1 fully saturated rings. The van der Waals surface area contributed by atoms with E-state index in [1.807, 2.05) is 56.4 Å². The highest BCUT2D eigenvalue weighted by Crippen LogP contribution is 2.43. The van der Waals surface area contributed by atoms with Crippen LogP contribution in [0.3, 0.4) is 0 Å². The minimum atomic E-state index is -0.879. The summed E-state index contributed by atoms with van der Waals surface area (Å²) in [6.07, 6.45) is 10.7. The van der Waals surface area contributed by atoms with E-state index >= 15 is 0 Å². The minimum absolute atomic E-state index is 0.107. The SMILES string of the molecule is C#C/C(=C\N(C)C)c1nc(C)c(CC(=O)O)c(N2CCC(C)(C)CC2)c1-c1ccc(OCCc2ccc(C)cc2)cc1.CC(C)(C)O. The molecule has 7 heteroatoms. The number of aliphatic hydroxyl groups is 1. The summed E-state index contributed by atoms with van der Waals surface area (Å²) in [6, 6.07) is 16.5. The first-order valence-electron chi connectivity index (χ1n) is 16.3. The first-order chi connectivity index (χ1) is 22.0. The van der Waals surface area contributed by atoms with Gasteiger partial charge in [0.1, 0.15) is 5.75 Å². The molecule has 0 bridgehead atoms. The summed E-state index contributed by atoms with van der Waals surface area (Å²) in [6.45, 7) is 16.0. The summed E-state index contributed by atoms with van der Waals surface area (Å²) in [5.41, 5.74) is 7.69. The third-order valence-corrected chi connectivity index (χ3v) is 7.96. The molecule has 1 aliphatic heterocycles. The molecule has 2 heterocycles. The number of aryl methyl sites for hydroxylation is 2. The summed E-state index contributed by atoms with van der Waals surface area (Å²) in [7, 11) is 3.86. The Labute approximate surface area is 282 Å². The fourth-order valence-corrected chi connectivity index (χ4v) is 5.43. The molecule has 3 aromatic rings. The molecular weight excluding hydrogens is 586 g/mol. The highest BCUT2D eigenvalue weighted by molar-refractivity contribution is 5.95. The lowest BCUT2D eigenvalue weighted by molar-refractivity contribution is -0.136. The van der Waals surface area contributed by atoms with Crippen LogP contribution in [-0.4, -0.2) is 65.5 Å². The summed E-state index contributed by atoms with van der Waals surface area (Å²) in [5, 5.41) is 18.4. The van der Waals surface area contributed by atoms with Crippen molar-refractivity contribution in [2.45, 2.75) is 79.8 Å². The number of anilines is 1. The number of rotatable bonds is 10. The van der Waals surface area contributed by atoms with Crippen molar-refractivity contribution in [3.8, 4) is 29.2 Å². The lowest BCUT2D eigenvalue weighted by atomic mass is 9.81. The van der Waals surface area contributed by atoms with Gasteiger partial charge < -0.3 is 24.7 Å². The van der Waals surface area contributed by atoms with Crippen LogP contribution in [0.4, 0.5) is 5.69 Å². The van der Waals surface area contributed by atoms with Gasteiger partial charge in [0, 0.05) is 56.6 Å². The van der Waals surface area contributed by atoms with Crippen molar-refractivity contribution < 1.29 is 19.7 Å². The van der Waals surface area contributed by atoms with Gasteiger partial charge in [-0.3, -0.25) is 9.78 Å². The number of carboxylic acids is 1. The van der Waals surface area contributed by atoms with Crippen LogP contribution in [0.25, 0.3) is 16.7 Å². The number of pyridine rings is 1. The number of benzene rings is 2. The number of hydrogen-bond donors (Lipinski definition) is 2. The number of carboxylic acid groups (broad SMARTS) is 1. The number of terminal acetylenes is 1. The van der Waals surface area contributed by atoms with E-state index in [1.165, 1.54) is 11.1 Å². The zero-order valence-corrected chi connectivity index (χ0v) is 29.8. The number of aliphatic carboxylic acids is 1. The van der Waals surface area contributed by atoms with Crippen molar-refractivity contribution in [1.29, 1.82) is 0 Å². The van der Waals surface area contributed by atoms with Gasteiger partial charge in [-0.2, -0.15) is 0 Å². The summed E-state index contributed by atoms with van der Waals surface area (Å²) < 4.78 is 6.09. The molecule has 1 aliphatic rings. The van der Waals surface area contributed by atoms with E-state index in [0.29, 0.717) is 23.6 Å². The monoisotopic (exact) mass is 639 g/mol. The highest BCUT2D eigenvalue weighted by atomic mass is 16.5. The first kappa shape index (κ1) is 37.2. The molecule has 7 nitrogen and oxygen atoms in total. The van der Waals surface area contributed by atoms with E-state index in [-0.39, 0.29) is 11.8 Å². The van der Waals surface area contributed by atoms with Gasteiger partial charge in [-0.15, -0.1) is 6.42 Å². The Balaban J connectivity index is 0.00000111. The number of nitrogens with zero attached hydrogens (tertiary/aromatic N) is 3. The number of hydrogen-bond acceptors (Lipinski definition) is 6. The van der Waals surface area contributed by atoms with Crippen molar-refractivity contribution in [3.63, 3.8) is 0 Å². The minimum Gasteiger partial charge on any atom is -0.493 e. The molecule has 0 saturated carbocycles. The van der Waals surface area contributed by atoms with Gasteiger partial charge in [0.25, 0.3) is 0 Å². The maximum atomic E-state index is 12.1. The molecule has 0 atom stereocenters. The molecule has 0 aliphatic carbocycles. The molecule has 0 radical (unpaired) electrons. The number of allylic oxidation sites excluding steroid dienone is 1. The van der Waals surface area contributed by atoms with E-state index in [9.17, 15) is 9.90 Å². The average molecular weight is 640 g/mol. The van der Waals surface area contributed by atoms with Crippen LogP contribution in [0, 0.1) is 31.6 Å². The highest BCUT2D eigenvalue weighted by Gasteiger charge is 2.31. The molecule has 1 aromatic heterocycles. The number of aromatic nitrogens is 1. The molecule has 47 heavy (non-hydrogen) atoms. The molecule has 0 spiro atoms. The molecule has 252 valence electrons. The van der Waals surface area contributed by atoms with Gasteiger partial charge in [0.2, 0.25) is 0 Å². The van der Waals surface area contributed by atoms with Crippen LogP contribution < -0.4 is 9.64 Å². The van der Waals surface area contributed by atoms with E-state index in [4.69, 9.17) is 21.3 Å². The molecule has 2 N–H and O–H groups in total. The Morgan fingerprint density at radius 1 is 1.06 bits per heavy atom. The smallest absolute Gasteiger partial charge is 0.307 e. The molecule has 1 saturated heterocycles. The second-order valence-electron chi connectivity index (χ2n) is 14.4. The second kappa shape index (κ2) is 16.0. The summed E-state index contributed by atoms with van der Waals surface area (Å²) in [4.78, 5) is 21.3. The Bertz CT molecular complexity index is 1560. The third-order valence-electron chi connectivity index (χ3n) is 7.96. The van der Waals surface area contributed by atoms with Gasteiger partial charge in [-0.25, -0.2) is 0 Å². The predicted molar refractivity (Wildman–Crippen MR) is 194 cm³/mol. The van der Waals surface area contributed by atoms with Crippen LogP contribution >= 0.6 is 0 Å². The Kier molecular flexibility index (Phi) is 12.7. The van der Waals surface area contributed by atoms with Crippen molar-refractivity contribution >= 4 is 17.2 Å². The fourth-order valence-electron chi connectivity index (χ4n) is 5.43. The van der Waals surface area contributed by atoms with Gasteiger partial charge in [-0.1, -0.05) is 61.7 Å². The Hall–Kier alpha value is -4.28. The van der Waals surface area contributed by atoms with E-state index in [1.54, 1.807) is 20.8 Å².